The highest BCUT2D eigenvalue weighted by atomic mass is 16.1. The summed E-state index contributed by atoms with van der Waals surface area (Å²) >= 11 is 0. The van der Waals surface area contributed by atoms with Gasteiger partial charge in [-0.2, -0.15) is 0 Å². The molecule has 0 atom stereocenters. The molecular weight excluding hydrogens is 160 g/mol. The van der Waals surface area contributed by atoms with Gasteiger partial charge in [-0.3, -0.25) is 4.79 Å². The summed E-state index contributed by atoms with van der Waals surface area (Å²) < 4.78 is 0. The van der Waals surface area contributed by atoms with Crippen LogP contribution in [-0.4, -0.2) is 5.78 Å². The van der Waals surface area contributed by atoms with E-state index in [1.54, 1.807) is 0 Å². The van der Waals surface area contributed by atoms with Crippen LogP contribution in [0.1, 0.15) is 30.1 Å². The zero-order valence-corrected chi connectivity index (χ0v) is 7.86. The highest BCUT2D eigenvalue weighted by Crippen LogP contribution is 2.03. The Labute approximate surface area is 79.1 Å². The van der Waals surface area contributed by atoms with Crippen molar-refractivity contribution < 1.29 is 4.79 Å². The van der Waals surface area contributed by atoms with E-state index in [0.717, 1.165) is 12.0 Å². The minimum Gasteiger partial charge on any atom is -0.294 e. The summed E-state index contributed by atoms with van der Waals surface area (Å²) in [7, 11) is 0. The lowest BCUT2D eigenvalue weighted by molar-refractivity contribution is 0.0996. The summed E-state index contributed by atoms with van der Waals surface area (Å²) in [6.07, 6.45) is 5.44. The summed E-state index contributed by atoms with van der Waals surface area (Å²) in [4.78, 5) is 11.5. The number of benzene rings is 1. The number of allylic oxidation sites excluding steroid dienone is 2. The van der Waals surface area contributed by atoms with Gasteiger partial charge in [0.15, 0.2) is 5.78 Å². The highest BCUT2D eigenvalue weighted by molar-refractivity contribution is 5.96. The first kappa shape index (κ1) is 9.72. The molecule has 0 N–H and O–H groups in total. The highest BCUT2D eigenvalue weighted by Gasteiger charge is 2.00. The van der Waals surface area contributed by atoms with Gasteiger partial charge in [0.2, 0.25) is 0 Å². The smallest absolute Gasteiger partial charge is 0.166 e. The molecule has 0 heterocycles. The van der Waals surface area contributed by atoms with Crippen LogP contribution >= 0.6 is 0 Å². The third-order valence-corrected chi connectivity index (χ3v) is 1.80. The topological polar surface area (TPSA) is 17.1 Å². The van der Waals surface area contributed by atoms with Crippen LogP contribution in [0.25, 0.3) is 0 Å². The minimum absolute atomic E-state index is 0.185. The predicted octanol–water partition coefficient (Wildman–Crippen LogP) is 3.23. The van der Waals surface area contributed by atoms with E-state index in [2.05, 4.69) is 6.92 Å². The van der Waals surface area contributed by atoms with Gasteiger partial charge < -0.3 is 0 Å². The molecule has 0 aromatic heterocycles. The molecule has 0 amide bonds. The fourth-order valence-corrected chi connectivity index (χ4v) is 1.10. The van der Waals surface area contributed by atoms with Crippen LogP contribution in [0.2, 0.25) is 0 Å². The third kappa shape index (κ3) is 3.24. The first-order valence-electron chi connectivity index (χ1n) is 4.58. The minimum atomic E-state index is 0.185. The van der Waals surface area contributed by atoms with Gasteiger partial charge in [0.1, 0.15) is 0 Å². The summed E-state index contributed by atoms with van der Waals surface area (Å²) in [5.74, 6) is 0.185. The van der Waals surface area contributed by atoms with Crippen molar-refractivity contribution in [2.45, 2.75) is 19.8 Å². The zero-order chi connectivity index (χ0) is 9.52. The van der Waals surface area contributed by atoms with Crippen molar-refractivity contribution in [2.24, 2.45) is 0 Å². The quantitative estimate of drug-likeness (QED) is 0.506. The molecule has 0 unspecified atom stereocenters. The molecule has 68 valence electrons. The van der Waals surface area contributed by atoms with Crippen molar-refractivity contribution in [3.63, 3.8) is 0 Å². The number of hydrogen-bond acceptors (Lipinski definition) is 1. The van der Waals surface area contributed by atoms with Crippen molar-refractivity contribution >= 4 is 5.78 Å². The van der Waals surface area contributed by atoms with Crippen LogP contribution in [0.4, 0.5) is 0 Å². The lowest BCUT2D eigenvalue weighted by Gasteiger charge is -1.95. The Balaban J connectivity index is 2.54. The van der Waals surface area contributed by atoms with Gasteiger partial charge in [0.05, 0.1) is 0 Å². The monoisotopic (exact) mass is 174 g/mol. The Morgan fingerprint density at radius 1 is 1.23 bits per heavy atom. The number of rotatable bonds is 4. The summed E-state index contributed by atoms with van der Waals surface area (Å²) in [6, 6.07) is 9.39. The predicted molar refractivity (Wildman–Crippen MR) is 54.8 cm³/mol. The molecule has 1 rings (SSSR count). The van der Waals surface area contributed by atoms with E-state index in [1.807, 2.05) is 42.5 Å². The summed E-state index contributed by atoms with van der Waals surface area (Å²) in [5, 5.41) is 0. The van der Waals surface area contributed by atoms with E-state index in [1.165, 1.54) is 0 Å². The maximum atomic E-state index is 11.5. The molecular formula is C12H14O. The van der Waals surface area contributed by atoms with E-state index < -0.39 is 0 Å². The SMILES string of the molecule is CCC=CCC(=O)c1ccccc1. The standard InChI is InChI=1S/C12H14O/c1-2-3-5-10-12(13)11-8-6-4-7-9-11/h3-9H,2,10H2,1H3. The number of ketones is 1. The van der Waals surface area contributed by atoms with Gasteiger partial charge in [-0.15, -0.1) is 0 Å². The van der Waals surface area contributed by atoms with Gasteiger partial charge in [-0.1, -0.05) is 49.4 Å². The zero-order valence-electron chi connectivity index (χ0n) is 7.86. The lowest BCUT2D eigenvalue weighted by atomic mass is 10.1. The van der Waals surface area contributed by atoms with Gasteiger partial charge in [-0.25, -0.2) is 0 Å². The van der Waals surface area contributed by atoms with Gasteiger partial charge in [0.25, 0.3) is 0 Å². The normalized spacial score (nSPS) is 10.5. The molecule has 1 heteroatoms. The van der Waals surface area contributed by atoms with Crippen LogP contribution in [0.5, 0.6) is 0 Å². The number of Topliss-reactive ketones (excluding diaryl/α,β-unsaturated/α-hetero) is 1. The average molecular weight is 174 g/mol. The van der Waals surface area contributed by atoms with Crippen LogP contribution in [-0.2, 0) is 0 Å². The second kappa shape index (κ2) is 5.31. The molecule has 0 aliphatic heterocycles. The van der Waals surface area contributed by atoms with Crippen LogP contribution in [0, 0.1) is 0 Å². The van der Waals surface area contributed by atoms with Crippen molar-refractivity contribution in [1.29, 1.82) is 0 Å². The Hall–Kier alpha value is -1.37. The van der Waals surface area contributed by atoms with Crippen LogP contribution < -0.4 is 0 Å². The van der Waals surface area contributed by atoms with E-state index in [0.29, 0.717) is 6.42 Å². The van der Waals surface area contributed by atoms with Gasteiger partial charge in [-0.05, 0) is 6.42 Å². The van der Waals surface area contributed by atoms with Gasteiger partial charge in [0, 0.05) is 12.0 Å². The maximum absolute atomic E-state index is 11.5. The fraction of sp³-hybridized carbons (Fsp3) is 0.250. The van der Waals surface area contributed by atoms with Crippen molar-refractivity contribution in [3.05, 3.63) is 48.0 Å². The van der Waals surface area contributed by atoms with Crippen LogP contribution in [0.15, 0.2) is 42.5 Å². The molecule has 0 aliphatic rings. The van der Waals surface area contributed by atoms with E-state index >= 15 is 0 Å². The van der Waals surface area contributed by atoms with Crippen molar-refractivity contribution in [2.75, 3.05) is 0 Å². The molecule has 0 saturated heterocycles. The number of carbonyl (C=O) groups is 1. The van der Waals surface area contributed by atoms with E-state index in [4.69, 9.17) is 0 Å². The second-order valence-electron chi connectivity index (χ2n) is 2.87. The molecule has 0 spiro atoms. The molecule has 1 aromatic rings. The molecule has 1 aromatic carbocycles. The Kier molecular flexibility index (Phi) is 3.97. The molecule has 0 radical (unpaired) electrons. The average Bonchev–Trinajstić information content (AvgIpc) is 2.19. The van der Waals surface area contributed by atoms with Crippen molar-refractivity contribution in [3.8, 4) is 0 Å². The molecule has 13 heavy (non-hydrogen) atoms. The van der Waals surface area contributed by atoms with Crippen molar-refractivity contribution in [1.82, 2.24) is 0 Å². The second-order valence-corrected chi connectivity index (χ2v) is 2.87. The molecule has 1 nitrogen and oxygen atoms in total. The Morgan fingerprint density at radius 3 is 2.54 bits per heavy atom. The van der Waals surface area contributed by atoms with Crippen LogP contribution in [0.3, 0.4) is 0 Å². The number of carbonyl (C=O) groups excluding carboxylic acids is 1. The third-order valence-electron chi connectivity index (χ3n) is 1.80. The summed E-state index contributed by atoms with van der Waals surface area (Å²) in [6.45, 7) is 2.06. The first-order valence-corrected chi connectivity index (χ1v) is 4.58. The van der Waals surface area contributed by atoms with Gasteiger partial charge >= 0.3 is 0 Å². The molecule has 0 aliphatic carbocycles. The first-order chi connectivity index (χ1) is 6.34. The Morgan fingerprint density at radius 2 is 1.92 bits per heavy atom. The van der Waals surface area contributed by atoms with E-state index in [9.17, 15) is 4.79 Å². The lowest BCUT2D eigenvalue weighted by Crippen LogP contribution is -1.95. The largest absolute Gasteiger partial charge is 0.294 e. The fourth-order valence-electron chi connectivity index (χ4n) is 1.10. The molecule has 0 saturated carbocycles. The van der Waals surface area contributed by atoms with E-state index in [-0.39, 0.29) is 5.78 Å². The maximum Gasteiger partial charge on any atom is 0.166 e. The Bertz CT molecular complexity index is 285. The summed E-state index contributed by atoms with van der Waals surface area (Å²) in [5.41, 5.74) is 0.795. The number of hydrogen-bond donors (Lipinski definition) is 0. The molecule has 0 fully saturated rings. The molecule has 0 bridgehead atoms.